The molecule has 14 heavy (non-hydrogen) atoms. The van der Waals surface area contributed by atoms with Gasteiger partial charge in [-0.05, 0) is 11.0 Å². The molecule has 1 aliphatic rings. The Morgan fingerprint density at radius 1 is 1.21 bits per heavy atom. The third-order valence-corrected chi connectivity index (χ3v) is 2.59. The first-order valence-electron chi connectivity index (χ1n) is 4.90. The molecule has 0 radical (unpaired) electrons. The van der Waals surface area contributed by atoms with Gasteiger partial charge in [-0.3, -0.25) is 4.79 Å². The predicted molar refractivity (Wildman–Crippen MR) is 58.2 cm³/mol. The highest BCUT2D eigenvalue weighted by Crippen LogP contribution is 2.30. The Hall–Kier alpha value is -1.37. The minimum atomic E-state index is -0.0178. The summed E-state index contributed by atoms with van der Waals surface area (Å²) in [6.07, 6.45) is 4.78. The molecule has 0 N–H and O–H groups in total. The summed E-state index contributed by atoms with van der Waals surface area (Å²) in [6, 6.07) is 7.78. The molecule has 0 unspecified atom stereocenters. The molecule has 0 spiro atoms. The van der Waals surface area contributed by atoms with Crippen molar-refractivity contribution in [2.24, 2.45) is 5.41 Å². The van der Waals surface area contributed by atoms with Crippen LogP contribution in [0, 0.1) is 5.41 Å². The molecule has 0 aliphatic heterocycles. The zero-order chi connectivity index (χ0) is 10.2. The molecule has 72 valence electrons. The quantitative estimate of drug-likeness (QED) is 0.607. The number of benzene rings is 1. The van der Waals surface area contributed by atoms with E-state index in [0.29, 0.717) is 6.42 Å². The average Bonchev–Trinajstić information content (AvgIpc) is 2.24. The number of carbonyl (C=O) groups excluding carboxylic acids is 1. The van der Waals surface area contributed by atoms with Crippen molar-refractivity contribution >= 4 is 11.9 Å². The lowest BCUT2D eigenvalue weighted by Gasteiger charge is -2.16. The van der Waals surface area contributed by atoms with Gasteiger partial charge in [-0.15, -0.1) is 0 Å². The van der Waals surface area contributed by atoms with Gasteiger partial charge in [0.05, 0.1) is 0 Å². The van der Waals surface area contributed by atoms with Gasteiger partial charge < -0.3 is 0 Å². The van der Waals surface area contributed by atoms with E-state index in [0.717, 1.165) is 11.1 Å². The molecule has 0 heterocycles. The molecule has 1 heteroatoms. The second kappa shape index (κ2) is 3.09. The van der Waals surface area contributed by atoms with Crippen LogP contribution in [0.25, 0.3) is 6.08 Å². The maximum absolute atomic E-state index is 11.9. The molecule has 1 aromatic rings. The summed E-state index contributed by atoms with van der Waals surface area (Å²) >= 11 is 0. The van der Waals surface area contributed by atoms with Gasteiger partial charge in [0.1, 0.15) is 0 Å². The fraction of sp³-hybridized carbons (Fsp3) is 0.308. The van der Waals surface area contributed by atoms with Crippen LogP contribution < -0.4 is 0 Å². The van der Waals surface area contributed by atoms with Gasteiger partial charge in [0.25, 0.3) is 0 Å². The van der Waals surface area contributed by atoms with Crippen molar-refractivity contribution in [2.45, 2.75) is 20.3 Å². The first kappa shape index (κ1) is 9.20. The van der Waals surface area contributed by atoms with Gasteiger partial charge in [-0.2, -0.15) is 0 Å². The summed E-state index contributed by atoms with van der Waals surface area (Å²) in [5, 5.41) is 0. The maximum Gasteiger partial charge on any atom is 0.164 e. The van der Waals surface area contributed by atoms with E-state index >= 15 is 0 Å². The Bertz CT molecular complexity index is 399. The van der Waals surface area contributed by atoms with Crippen molar-refractivity contribution in [3.05, 3.63) is 41.5 Å². The summed E-state index contributed by atoms with van der Waals surface area (Å²) in [6.45, 7) is 4.18. The highest BCUT2D eigenvalue weighted by molar-refractivity contribution is 6.00. The Morgan fingerprint density at radius 3 is 2.71 bits per heavy atom. The third-order valence-electron chi connectivity index (χ3n) is 2.59. The summed E-state index contributed by atoms with van der Waals surface area (Å²) in [4.78, 5) is 11.9. The van der Waals surface area contributed by atoms with E-state index in [4.69, 9.17) is 0 Å². The summed E-state index contributed by atoms with van der Waals surface area (Å²) < 4.78 is 0. The Balaban J connectivity index is 2.52. The van der Waals surface area contributed by atoms with E-state index in [9.17, 15) is 4.79 Å². The summed E-state index contributed by atoms with van der Waals surface area (Å²) in [5.74, 6) is 0.246. The van der Waals surface area contributed by atoms with Crippen LogP contribution in [0.2, 0.25) is 0 Å². The normalized spacial score (nSPS) is 18.9. The fourth-order valence-electron chi connectivity index (χ4n) is 1.78. The second-order valence-electron chi connectivity index (χ2n) is 4.51. The lowest BCUT2D eigenvalue weighted by atomic mass is 9.87. The van der Waals surface area contributed by atoms with Crippen molar-refractivity contribution in [3.63, 3.8) is 0 Å². The summed E-state index contributed by atoms with van der Waals surface area (Å²) in [5.41, 5.74) is 1.88. The molecule has 1 aromatic carbocycles. The van der Waals surface area contributed by atoms with Crippen molar-refractivity contribution in [2.75, 3.05) is 0 Å². The van der Waals surface area contributed by atoms with Gasteiger partial charge in [-0.25, -0.2) is 0 Å². The molecule has 0 amide bonds. The van der Waals surface area contributed by atoms with E-state index < -0.39 is 0 Å². The van der Waals surface area contributed by atoms with Gasteiger partial charge in [0.15, 0.2) is 5.78 Å². The number of rotatable bonds is 0. The van der Waals surface area contributed by atoms with Crippen LogP contribution in [0.4, 0.5) is 0 Å². The number of fused-ring (bicyclic) bond motifs is 1. The monoisotopic (exact) mass is 186 g/mol. The number of hydrogen-bond donors (Lipinski definition) is 0. The largest absolute Gasteiger partial charge is 0.294 e. The number of hydrogen-bond acceptors (Lipinski definition) is 1. The maximum atomic E-state index is 11.9. The lowest BCUT2D eigenvalue weighted by Crippen LogP contribution is -2.12. The van der Waals surface area contributed by atoms with Crippen molar-refractivity contribution in [1.29, 1.82) is 0 Å². The summed E-state index contributed by atoms with van der Waals surface area (Å²) in [7, 11) is 0. The Morgan fingerprint density at radius 2 is 1.93 bits per heavy atom. The van der Waals surface area contributed by atoms with Crippen LogP contribution in [0.3, 0.4) is 0 Å². The van der Waals surface area contributed by atoms with Crippen LogP contribution in [0.15, 0.2) is 30.3 Å². The second-order valence-corrected chi connectivity index (χ2v) is 4.51. The van der Waals surface area contributed by atoms with Crippen LogP contribution in [0.5, 0.6) is 0 Å². The van der Waals surface area contributed by atoms with E-state index in [1.807, 2.05) is 24.3 Å². The topological polar surface area (TPSA) is 17.1 Å². The van der Waals surface area contributed by atoms with Crippen molar-refractivity contribution in [1.82, 2.24) is 0 Å². The van der Waals surface area contributed by atoms with Crippen molar-refractivity contribution in [3.8, 4) is 0 Å². The van der Waals surface area contributed by atoms with Crippen LogP contribution in [-0.4, -0.2) is 5.78 Å². The number of carbonyl (C=O) groups is 1. The highest BCUT2D eigenvalue weighted by Gasteiger charge is 2.23. The molecule has 0 bridgehead atoms. The Labute approximate surface area is 84.5 Å². The lowest BCUT2D eigenvalue weighted by molar-refractivity contribution is 0.0951. The molecule has 1 nitrogen and oxygen atoms in total. The first-order chi connectivity index (χ1) is 6.58. The van der Waals surface area contributed by atoms with Gasteiger partial charge in [-0.1, -0.05) is 50.3 Å². The minimum absolute atomic E-state index is 0.0178. The smallest absolute Gasteiger partial charge is 0.164 e. The van der Waals surface area contributed by atoms with E-state index in [1.165, 1.54) is 0 Å². The molecule has 0 saturated carbocycles. The molecule has 0 fully saturated rings. The van der Waals surface area contributed by atoms with Crippen LogP contribution in [-0.2, 0) is 0 Å². The number of ketones is 1. The molecule has 0 atom stereocenters. The van der Waals surface area contributed by atoms with E-state index in [2.05, 4.69) is 26.0 Å². The standard InChI is InChI=1S/C13H14O/c1-13(2)8-7-10-5-3-4-6-11(10)12(14)9-13/h3-8H,9H2,1-2H3. The molecule has 2 rings (SSSR count). The van der Waals surface area contributed by atoms with Gasteiger partial charge in [0, 0.05) is 12.0 Å². The van der Waals surface area contributed by atoms with E-state index in [1.54, 1.807) is 0 Å². The Kier molecular flexibility index (Phi) is 2.03. The molecular weight excluding hydrogens is 172 g/mol. The average molecular weight is 186 g/mol. The predicted octanol–water partition coefficient (Wildman–Crippen LogP) is 3.31. The first-order valence-corrected chi connectivity index (χ1v) is 4.90. The van der Waals surface area contributed by atoms with E-state index in [-0.39, 0.29) is 11.2 Å². The molecule has 0 saturated heterocycles. The molecular formula is C13H14O. The highest BCUT2D eigenvalue weighted by atomic mass is 16.1. The molecule has 1 aliphatic carbocycles. The van der Waals surface area contributed by atoms with Gasteiger partial charge >= 0.3 is 0 Å². The fourth-order valence-corrected chi connectivity index (χ4v) is 1.78. The SMILES string of the molecule is CC1(C)C=Cc2ccccc2C(=O)C1. The zero-order valence-electron chi connectivity index (χ0n) is 8.58. The third kappa shape index (κ3) is 1.63. The van der Waals surface area contributed by atoms with Gasteiger partial charge in [0.2, 0.25) is 0 Å². The zero-order valence-corrected chi connectivity index (χ0v) is 8.58. The molecule has 0 aromatic heterocycles. The minimum Gasteiger partial charge on any atom is -0.294 e. The number of Topliss-reactive ketones (excluding diaryl/α,β-unsaturated/α-hetero) is 1. The number of allylic oxidation sites excluding steroid dienone is 1. The van der Waals surface area contributed by atoms with Crippen LogP contribution in [0.1, 0.15) is 36.2 Å². The van der Waals surface area contributed by atoms with Crippen molar-refractivity contribution < 1.29 is 4.79 Å². The van der Waals surface area contributed by atoms with Crippen LogP contribution >= 0.6 is 0 Å².